The number of hydrogen-bond donors (Lipinski definition) is 1. The lowest BCUT2D eigenvalue weighted by atomic mass is 10.1. The van der Waals surface area contributed by atoms with E-state index in [1.165, 1.54) is 11.1 Å². The fourth-order valence-electron chi connectivity index (χ4n) is 1.24. The van der Waals surface area contributed by atoms with Crippen LogP contribution in [-0.4, -0.2) is 11.2 Å². The molecule has 1 unspecified atom stereocenters. The highest BCUT2D eigenvalue weighted by Gasteiger charge is 1.97. The Morgan fingerprint density at radius 3 is 2.50 bits per heavy atom. The summed E-state index contributed by atoms with van der Waals surface area (Å²) >= 11 is 0. The maximum absolute atomic E-state index is 9.47. The van der Waals surface area contributed by atoms with Crippen molar-refractivity contribution < 1.29 is 5.11 Å². The monoisotopic (exact) mass is 194 g/mol. The molecule has 0 saturated carbocycles. The van der Waals surface area contributed by atoms with Crippen LogP contribution < -0.4 is 0 Å². The number of aliphatic hydroxyl groups is 1. The molecule has 0 radical (unpaired) electrons. The van der Waals surface area contributed by atoms with Crippen LogP contribution in [0, 0.1) is 0 Å². The molecule has 0 aliphatic carbocycles. The minimum absolute atomic E-state index is 0.362. The summed E-state index contributed by atoms with van der Waals surface area (Å²) in [6.45, 7) is 9.86. The van der Waals surface area contributed by atoms with Gasteiger partial charge in [0.05, 0.1) is 6.10 Å². The highest BCUT2D eigenvalue weighted by Crippen LogP contribution is 2.08. The van der Waals surface area contributed by atoms with Gasteiger partial charge in [0.25, 0.3) is 0 Å². The molecule has 1 heteroatoms. The van der Waals surface area contributed by atoms with Gasteiger partial charge in [0.15, 0.2) is 0 Å². The van der Waals surface area contributed by atoms with Gasteiger partial charge in [0.2, 0.25) is 0 Å². The quantitative estimate of drug-likeness (QED) is 0.640. The Balaban J connectivity index is 3.88. The fraction of sp³-hybridized carbons (Fsp3) is 0.538. The molecular weight excluding hydrogens is 172 g/mol. The lowest BCUT2D eigenvalue weighted by molar-refractivity contribution is 0.226. The van der Waals surface area contributed by atoms with Crippen LogP contribution in [0.3, 0.4) is 0 Å². The van der Waals surface area contributed by atoms with E-state index in [1.54, 1.807) is 6.08 Å². The molecule has 0 aliphatic heterocycles. The smallest absolute Gasteiger partial charge is 0.0757 e. The van der Waals surface area contributed by atoms with E-state index in [-0.39, 0.29) is 6.10 Å². The molecule has 0 bridgehead atoms. The van der Waals surface area contributed by atoms with Crippen LogP contribution >= 0.6 is 0 Å². The molecule has 0 aromatic heterocycles. The molecule has 0 aromatic carbocycles. The molecular formula is C13H22O. The van der Waals surface area contributed by atoms with Crippen molar-refractivity contribution >= 4 is 0 Å². The average Bonchev–Trinajstić information content (AvgIpc) is 2.03. The number of aliphatic hydroxyl groups excluding tert-OH is 1. The van der Waals surface area contributed by atoms with Crippen molar-refractivity contribution in [1.29, 1.82) is 0 Å². The second-order valence-electron chi connectivity index (χ2n) is 3.92. The van der Waals surface area contributed by atoms with Gasteiger partial charge >= 0.3 is 0 Å². The highest BCUT2D eigenvalue weighted by atomic mass is 16.3. The van der Waals surface area contributed by atoms with Crippen molar-refractivity contribution in [3.8, 4) is 0 Å². The number of allylic oxidation sites excluding steroid dienone is 3. The second-order valence-corrected chi connectivity index (χ2v) is 3.92. The van der Waals surface area contributed by atoms with Crippen LogP contribution in [0.15, 0.2) is 36.0 Å². The SMILES string of the molecule is C=CCC(O)/C=C(/C)CCC=C(C)C. The Labute approximate surface area is 87.8 Å². The Kier molecular flexibility index (Phi) is 7.13. The van der Waals surface area contributed by atoms with E-state index in [1.807, 2.05) is 6.08 Å². The Morgan fingerprint density at radius 2 is 2.00 bits per heavy atom. The summed E-state index contributed by atoms with van der Waals surface area (Å²) in [5.74, 6) is 0. The fourth-order valence-corrected chi connectivity index (χ4v) is 1.24. The molecule has 80 valence electrons. The van der Waals surface area contributed by atoms with E-state index in [2.05, 4.69) is 33.4 Å². The normalized spacial score (nSPS) is 13.6. The molecule has 0 heterocycles. The first-order valence-corrected chi connectivity index (χ1v) is 5.16. The lowest BCUT2D eigenvalue weighted by Crippen LogP contribution is -2.00. The van der Waals surface area contributed by atoms with Gasteiger partial charge in [0.1, 0.15) is 0 Å². The van der Waals surface area contributed by atoms with Gasteiger partial charge in [-0.05, 0) is 40.0 Å². The standard InChI is InChI=1S/C13H22O/c1-5-7-13(14)10-12(4)9-6-8-11(2)3/h5,8,10,13-14H,1,6-7,9H2,2-4H3/b12-10-. The summed E-state index contributed by atoms with van der Waals surface area (Å²) in [4.78, 5) is 0. The predicted molar refractivity (Wildman–Crippen MR) is 63.2 cm³/mol. The van der Waals surface area contributed by atoms with Gasteiger partial charge < -0.3 is 5.11 Å². The molecule has 14 heavy (non-hydrogen) atoms. The van der Waals surface area contributed by atoms with E-state index >= 15 is 0 Å². The van der Waals surface area contributed by atoms with E-state index < -0.39 is 0 Å². The van der Waals surface area contributed by atoms with Gasteiger partial charge in [-0.1, -0.05) is 29.4 Å². The van der Waals surface area contributed by atoms with E-state index in [9.17, 15) is 5.11 Å². The molecule has 1 N–H and O–H groups in total. The lowest BCUT2D eigenvalue weighted by Gasteiger charge is -2.04. The van der Waals surface area contributed by atoms with Crippen molar-refractivity contribution in [2.45, 2.75) is 46.1 Å². The summed E-state index contributed by atoms with van der Waals surface area (Å²) in [5, 5.41) is 9.47. The van der Waals surface area contributed by atoms with Crippen molar-refractivity contribution in [3.05, 3.63) is 36.0 Å². The first kappa shape index (κ1) is 13.2. The molecule has 0 spiro atoms. The Hall–Kier alpha value is -0.820. The number of rotatable bonds is 6. The molecule has 0 fully saturated rings. The molecule has 0 rings (SSSR count). The van der Waals surface area contributed by atoms with E-state index in [0.29, 0.717) is 6.42 Å². The summed E-state index contributed by atoms with van der Waals surface area (Å²) in [5.41, 5.74) is 2.60. The zero-order valence-corrected chi connectivity index (χ0v) is 9.59. The largest absolute Gasteiger partial charge is 0.389 e. The molecule has 1 atom stereocenters. The second kappa shape index (κ2) is 7.57. The first-order valence-electron chi connectivity index (χ1n) is 5.16. The molecule has 0 amide bonds. The summed E-state index contributed by atoms with van der Waals surface area (Å²) in [7, 11) is 0. The van der Waals surface area contributed by atoms with E-state index in [0.717, 1.165) is 12.8 Å². The van der Waals surface area contributed by atoms with Crippen molar-refractivity contribution in [2.75, 3.05) is 0 Å². The Morgan fingerprint density at radius 1 is 1.36 bits per heavy atom. The highest BCUT2D eigenvalue weighted by molar-refractivity contribution is 5.05. The van der Waals surface area contributed by atoms with Gasteiger partial charge in [-0.2, -0.15) is 0 Å². The van der Waals surface area contributed by atoms with Crippen molar-refractivity contribution in [1.82, 2.24) is 0 Å². The predicted octanol–water partition coefficient (Wildman–Crippen LogP) is 3.62. The van der Waals surface area contributed by atoms with Crippen LogP contribution in [-0.2, 0) is 0 Å². The third-order valence-corrected chi connectivity index (χ3v) is 1.98. The summed E-state index contributed by atoms with van der Waals surface area (Å²) < 4.78 is 0. The first-order chi connectivity index (χ1) is 6.56. The summed E-state index contributed by atoms with van der Waals surface area (Å²) in [6, 6.07) is 0. The van der Waals surface area contributed by atoms with Gasteiger partial charge in [-0.25, -0.2) is 0 Å². The van der Waals surface area contributed by atoms with Crippen molar-refractivity contribution in [2.24, 2.45) is 0 Å². The minimum Gasteiger partial charge on any atom is -0.389 e. The maximum atomic E-state index is 9.47. The molecule has 1 nitrogen and oxygen atoms in total. The molecule has 0 aromatic rings. The minimum atomic E-state index is -0.362. The van der Waals surface area contributed by atoms with Crippen molar-refractivity contribution in [3.63, 3.8) is 0 Å². The topological polar surface area (TPSA) is 20.2 Å². The van der Waals surface area contributed by atoms with Crippen LogP contribution in [0.25, 0.3) is 0 Å². The maximum Gasteiger partial charge on any atom is 0.0757 e. The summed E-state index contributed by atoms with van der Waals surface area (Å²) in [6.07, 6.45) is 8.24. The van der Waals surface area contributed by atoms with Crippen LogP contribution in [0.5, 0.6) is 0 Å². The third kappa shape index (κ3) is 7.81. The zero-order chi connectivity index (χ0) is 11.0. The molecule has 0 saturated heterocycles. The van der Waals surface area contributed by atoms with Gasteiger partial charge in [0, 0.05) is 0 Å². The van der Waals surface area contributed by atoms with Gasteiger partial charge in [-0.3, -0.25) is 0 Å². The van der Waals surface area contributed by atoms with Gasteiger partial charge in [-0.15, -0.1) is 6.58 Å². The molecule has 0 aliphatic rings. The Bertz CT molecular complexity index is 219. The van der Waals surface area contributed by atoms with Crippen LogP contribution in [0.2, 0.25) is 0 Å². The van der Waals surface area contributed by atoms with Crippen LogP contribution in [0.4, 0.5) is 0 Å². The zero-order valence-electron chi connectivity index (χ0n) is 9.59. The number of hydrogen-bond acceptors (Lipinski definition) is 1. The average molecular weight is 194 g/mol. The van der Waals surface area contributed by atoms with E-state index in [4.69, 9.17) is 0 Å². The van der Waals surface area contributed by atoms with Crippen LogP contribution in [0.1, 0.15) is 40.0 Å². The third-order valence-electron chi connectivity index (χ3n) is 1.98.